The molecule has 5 nitrogen and oxygen atoms in total. The molecule has 0 bridgehead atoms. The number of ether oxygens (including phenoxy) is 1. The van der Waals surface area contributed by atoms with Gasteiger partial charge in [0.25, 0.3) is 0 Å². The van der Waals surface area contributed by atoms with Gasteiger partial charge in [0, 0.05) is 12.1 Å². The molecule has 1 aliphatic heterocycles. The number of pyridine rings is 1. The number of halogens is 1. The third-order valence-electron chi connectivity index (χ3n) is 3.67. The van der Waals surface area contributed by atoms with Crippen LogP contribution in [0.3, 0.4) is 0 Å². The number of rotatable bonds is 3. The number of aryl methyl sites for hydroxylation is 1. The highest BCUT2D eigenvalue weighted by molar-refractivity contribution is 5.90. The van der Waals surface area contributed by atoms with Gasteiger partial charge in [0.1, 0.15) is 19.0 Å². The Bertz CT molecular complexity index is 720. The smallest absolute Gasteiger partial charge is 0.414 e. The van der Waals surface area contributed by atoms with E-state index in [1.165, 1.54) is 11.0 Å². The molecule has 1 atom stereocenters. The van der Waals surface area contributed by atoms with Crippen molar-refractivity contribution in [3.05, 3.63) is 48.4 Å². The van der Waals surface area contributed by atoms with Crippen LogP contribution >= 0.6 is 0 Å². The highest BCUT2D eigenvalue weighted by atomic mass is 19.1. The van der Waals surface area contributed by atoms with Crippen LogP contribution < -0.4 is 9.47 Å². The average Bonchev–Trinajstić information content (AvgIpc) is 2.89. The molecule has 1 N–H and O–H groups in total. The van der Waals surface area contributed by atoms with Gasteiger partial charge in [0.15, 0.2) is 6.20 Å². The van der Waals surface area contributed by atoms with Gasteiger partial charge >= 0.3 is 6.09 Å². The van der Waals surface area contributed by atoms with Crippen molar-refractivity contribution < 1.29 is 23.6 Å². The predicted octanol–water partition coefficient (Wildman–Crippen LogP) is 1.63. The number of benzene rings is 1. The molecule has 22 heavy (non-hydrogen) atoms. The summed E-state index contributed by atoms with van der Waals surface area (Å²) in [4.78, 5) is 13.0. The molecule has 1 fully saturated rings. The third kappa shape index (κ3) is 2.53. The summed E-state index contributed by atoms with van der Waals surface area (Å²) in [5.74, 6) is -0.417. The van der Waals surface area contributed by atoms with Gasteiger partial charge in [0.2, 0.25) is 5.69 Å². The van der Waals surface area contributed by atoms with Crippen molar-refractivity contribution in [3.63, 3.8) is 0 Å². The van der Waals surface area contributed by atoms with Gasteiger partial charge in [0.05, 0.1) is 24.4 Å². The molecule has 2 aromatic rings. The monoisotopic (exact) mass is 303 g/mol. The van der Waals surface area contributed by atoms with Crippen molar-refractivity contribution in [3.8, 4) is 11.3 Å². The van der Waals surface area contributed by atoms with Gasteiger partial charge in [-0.15, -0.1) is 0 Å². The summed E-state index contributed by atoms with van der Waals surface area (Å²) < 4.78 is 21.2. The molecule has 1 aliphatic rings. The van der Waals surface area contributed by atoms with E-state index in [1.54, 1.807) is 12.1 Å². The molecule has 1 aromatic heterocycles. The van der Waals surface area contributed by atoms with Crippen LogP contribution in [0.1, 0.15) is 0 Å². The lowest BCUT2D eigenvalue weighted by Crippen LogP contribution is -2.30. The van der Waals surface area contributed by atoms with Crippen LogP contribution in [0.2, 0.25) is 0 Å². The zero-order valence-corrected chi connectivity index (χ0v) is 12.1. The van der Waals surface area contributed by atoms with Crippen molar-refractivity contribution in [1.82, 2.24) is 0 Å². The van der Waals surface area contributed by atoms with Gasteiger partial charge in [-0.2, -0.15) is 0 Å². The lowest BCUT2D eigenvalue weighted by atomic mass is 10.1. The minimum Gasteiger partial charge on any atom is -0.441 e. The number of aliphatic hydroxyl groups is 1. The number of aromatic nitrogens is 1. The Labute approximate surface area is 127 Å². The Morgan fingerprint density at radius 2 is 2.23 bits per heavy atom. The molecule has 0 radical (unpaired) electrons. The van der Waals surface area contributed by atoms with E-state index in [4.69, 9.17) is 9.84 Å². The van der Waals surface area contributed by atoms with Crippen molar-refractivity contribution in [2.45, 2.75) is 6.10 Å². The average molecular weight is 303 g/mol. The fourth-order valence-corrected chi connectivity index (χ4v) is 2.51. The lowest BCUT2D eigenvalue weighted by Gasteiger charge is -2.13. The van der Waals surface area contributed by atoms with Crippen molar-refractivity contribution in [1.29, 1.82) is 0 Å². The largest absolute Gasteiger partial charge is 0.441 e. The highest BCUT2D eigenvalue weighted by Crippen LogP contribution is 2.27. The molecule has 0 saturated carbocycles. The van der Waals surface area contributed by atoms with E-state index in [2.05, 4.69) is 0 Å². The SMILES string of the molecule is C[n+]1ccccc1-c1ccc(N2C[C@H](CO)OC2=O)cc1F. The Kier molecular flexibility index (Phi) is 3.77. The predicted molar refractivity (Wildman–Crippen MR) is 77.7 cm³/mol. The van der Waals surface area contributed by atoms with Gasteiger partial charge in [-0.3, -0.25) is 4.90 Å². The number of carbonyl (C=O) groups is 1. The van der Waals surface area contributed by atoms with Gasteiger partial charge in [-0.25, -0.2) is 13.8 Å². The number of hydrogen-bond acceptors (Lipinski definition) is 3. The second kappa shape index (κ2) is 5.73. The van der Waals surface area contributed by atoms with Crippen LogP contribution in [-0.4, -0.2) is 30.5 Å². The van der Waals surface area contributed by atoms with E-state index in [9.17, 15) is 9.18 Å². The Balaban J connectivity index is 1.93. The normalized spacial score (nSPS) is 17.7. The third-order valence-corrected chi connectivity index (χ3v) is 3.67. The molecule has 3 rings (SSSR count). The van der Waals surface area contributed by atoms with E-state index in [0.717, 1.165) is 5.69 Å². The summed E-state index contributed by atoms with van der Waals surface area (Å²) in [6, 6.07) is 10.1. The molecule has 114 valence electrons. The summed E-state index contributed by atoms with van der Waals surface area (Å²) in [7, 11) is 1.84. The van der Waals surface area contributed by atoms with Crippen molar-refractivity contribution in [2.24, 2.45) is 7.05 Å². The number of aliphatic hydroxyl groups excluding tert-OH is 1. The molecular formula is C16H16FN2O3+. The molecule has 1 amide bonds. The fourth-order valence-electron chi connectivity index (χ4n) is 2.51. The summed E-state index contributed by atoms with van der Waals surface area (Å²) in [6.45, 7) is -0.0319. The maximum Gasteiger partial charge on any atom is 0.414 e. The maximum absolute atomic E-state index is 14.4. The molecule has 2 heterocycles. The van der Waals surface area contributed by atoms with E-state index in [0.29, 0.717) is 11.3 Å². The first-order valence-electron chi connectivity index (χ1n) is 6.93. The van der Waals surface area contributed by atoms with Crippen LogP contribution in [0, 0.1) is 5.82 Å². The van der Waals surface area contributed by atoms with Crippen LogP contribution in [-0.2, 0) is 11.8 Å². The second-order valence-electron chi connectivity index (χ2n) is 5.16. The van der Waals surface area contributed by atoms with E-state index in [1.807, 2.05) is 36.0 Å². The zero-order valence-electron chi connectivity index (χ0n) is 12.1. The molecule has 1 aromatic carbocycles. The first kappa shape index (κ1) is 14.5. The van der Waals surface area contributed by atoms with Crippen LogP contribution in [0.25, 0.3) is 11.3 Å². The Hall–Kier alpha value is -2.47. The molecule has 0 aliphatic carbocycles. The van der Waals surface area contributed by atoms with Crippen LogP contribution in [0.5, 0.6) is 0 Å². The summed E-state index contributed by atoms with van der Waals surface area (Å²) in [6.07, 6.45) is 0.699. The Morgan fingerprint density at radius 3 is 2.86 bits per heavy atom. The van der Waals surface area contributed by atoms with Crippen LogP contribution in [0.4, 0.5) is 14.9 Å². The van der Waals surface area contributed by atoms with E-state index >= 15 is 0 Å². The molecular weight excluding hydrogens is 287 g/mol. The number of anilines is 1. The zero-order chi connectivity index (χ0) is 15.7. The van der Waals surface area contributed by atoms with Gasteiger partial charge in [-0.1, -0.05) is 0 Å². The molecule has 1 saturated heterocycles. The summed E-state index contributed by atoms with van der Waals surface area (Å²) in [5, 5.41) is 9.05. The van der Waals surface area contributed by atoms with E-state index < -0.39 is 18.0 Å². The van der Waals surface area contributed by atoms with Crippen molar-refractivity contribution >= 4 is 11.8 Å². The minimum atomic E-state index is -0.573. The quantitative estimate of drug-likeness (QED) is 0.877. The number of cyclic esters (lactones) is 1. The van der Waals surface area contributed by atoms with Crippen molar-refractivity contribution in [2.75, 3.05) is 18.1 Å². The fraction of sp³-hybridized carbons (Fsp3) is 0.250. The summed E-state index contributed by atoms with van der Waals surface area (Å²) in [5.41, 5.74) is 1.61. The van der Waals surface area contributed by atoms with Gasteiger partial charge < -0.3 is 9.84 Å². The van der Waals surface area contributed by atoms with E-state index in [-0.39, 0.29) is 13.2 Å². The lowest BCUT2D eigenvalue weighted by molar-refractivity contribution is -0.660. The topological polar surface area (TPSA) is 53.6 Å². The maximum atomic E-state index is 14.4. The van der Waals surface area contributed by atoms with Crippen LogP contribution in [0.15, 0.2) is 42.6 Å². The highest BCUT2D eigenvalue weighted by Gasteiger charge is 2.32. The van der Waals surface area contributed by atoms with Gasteiger partial charge in [-0.05, 0) is 24.3 Å². The first-order valence-corrected chi connectivity index (χ1v) is 6.93. The molecule has 0 spiro atoms. The Morgan fingerprint density at radius 1 is 1.41 bits per heavy atom. The standard InChI is InChI=1S/C16H16FN2O3/c1-18-7-3-2-4-15(18)13-6-5-11(8-14(13)17)19-9-12(10-20)22-16(19)21/h2-8,12,20H,9-10H2,1H3/q+1/t12-/m1/s1. The first-order chi connectivity index (χ1) is 10.6. The second-order valence-corrected chi connectivity index (χ2v) is 5.16. The number of nitrogens with zero attached hydrogens (tertiary/aromatic N) is 2. The number of hydrogen-bond donors (Lipinski definition) is 1. The number of amides is 1. The number of carbonyl (C=O) groups excluding carboxylic acids is 1. The minimum absolute atomic E-state index is 0.216. The molecule has 6 heteroatoms. The summed E-state index contributed by atoms with van der Waals surface area (Å²) >= 11 is 0. The molecule has 0 unspecified atom stereocenters.